The van der Waals surface area contributed by atoms with Crippen molar-refractivity contribution in [1.29, 1.82) is 0 Å². The number of rotatable bonds is 6. The van der Waals surface area contributed by atoms with E-state index in [1.807, 2.05) is 25.1 Å². The van der Waals surface area contributed by atoms with Gasteiger partial charge in [-0.2, -0.15) is 0 Å². The molecule has 7 heteroatoms. The van der Waals surface area contributed by atoms with Crippen LogP contribution in [0.25, 0.3) is 22.6 Å². The van der Waals surface area contributed by atoms with E-state index in [1.165, 1.54) is 6.07 Å². The molecule has 2 aromatic carbocycles. The molecule has 0 atom stereocenters. The van der Waals surface area contributed by atoms with Crippen molar-refractivity contribution in [2.45, 2.75) is 39.5 Å². The van der Waals surface area contributed by atoms with Crippen molar-refractivity contribution in [2.24, 2.45) is 0 Å². The maximum atomic E-state index is 11.8. The summed E-state index contributed by atoms with van der Waals surface area (Å²) in [4.78, 5) is 16.2. The van der Waals surface area contributed by atoms with Gasteiger partial charge < -0.3 is 20.2 Å². The Bertz CT molecular complexity index is 1010. The third kappa shape index (κ3) is 4.86. The van der Waals surface area contributed by atoms with Crippen LogP contribution in [0.15, 0.2) is 40.8 Å². The number of oxazole rings is 1. The van der Waals surface area contributed by atoms with Crippen LogP contribution in [0.3, 0.4) is 0 Å². The van der Waals surface area contributed by atoms with E-state index < -0.39 is 0 Å². The molecule has 0 fully saturated rings. The number of aromatic nitrogens is 1. The molecular weight excluding hydrogens is 374 g/mol. The molecule has 0 saturated heterocycles. The summed E-state index contributed by atoms with van der Waals surface area (Å²) in [5.41, 5.74) is 3.52. The predicted molar refractivity (Wildman–Crippen MR) is 114 cm³/mol. The summed E-state index contributed by atoms with van der Waals surface area (Å²) in [6.07, 6.45) is 3.35. The summed E-state index contributed by atoms with van der Waals surface area (Å²) in [6, 6.07) is 10.7. The lowest BCUT2D eigenvalue weighted by atomic mass is 10.2. The van der Waals surface area contributed by atoms with Gasteiger partial charge in [0.05, 0.1) is 5.56 Å². The van der Waals surface area contributed by atoms with Gasteiger partial charge in [0.1, 0.15) is 11.3 Å². The number of nitrogens with one attached hydrogen (secondary N) is 2. The van der Waals surface area contributed by atoms with Crippen molar-refractivity contribution in [3.63, 3.8) is 0 Å². The third-order valence-electron chi connectivity index (χ3n) is 4.29. The van der Waals surface area contributed by atoms with Crippen LogP contribution in [0.1, 0.15) is 38.2 Å². The zero-order valence-corrected chi connectivity index (χ0v) is 16.7. The summed E-state index contributed by atoms with van der Waals surface area (Å²) >= 11 is 5.16. The molecule has 1 aromatic heterocycles. The quantitative estimate of drug-likeness (QED) is 0.405. The Morgan fingerprint density at radius 2 is 2.04 bits per heavy atom. The smallest absolute Gasteiger partial charge is 0.231 e. The largest absolute Gasteiger partial charge is 0.507 e. The maximum Gasteiger partial charge on any atom is 0.231 e. The summed E-state index contributed by atoms with van der Waals surface area (Å²) in [5, 5.41) is 16.1. The van der Waals surface area contributed by atoms with Crippen molar-refractivity contribution in [1.82, 2.24) is 10.3 Å². The zero-order valence-electron chi connectivity index (χ0n) is 15.9. The van der Waals surface area contributed by atoms with Crippen molar-refractivity contribution in [3.8, 4) is 17.2 Å². The lowest BCUT2D eigenvalue weighted by Gasteiger charge is -2.10. The number of amides is 1. The number of hydrogen-bond acceptors (Lipinski definition) is 5. The Morgan fingerprint density at radius 1 is 1.21 bits per heavy atom. The summed E-state index contributed by atoms with van der Waals surface area (Å²) in [5.74, 6) is 0.232. The molecule has 3 rings (SSSR count). The van der Waals surface area contributed by atoms with Gasteiger partial charge >= 0.3 is 0 Å². The maximum absolute atomic E-state index is 11.8. The van der Waals surface area contributed by atoms with Crippen molar-refractivity contribution >= 4 is 40.0 Å². The molecule has 0 saturated carbocycles. The van der Waals surface area contributed by atoms with Crippen LogP contribution in [0.2, 0.25) is 0 Å². The highest BCUT2D eigenvalue weighted by molar-refractivity contribution is 7.80. The van der Waals surface area contributed by atoms with Crippen molar-refractivity contribution in [2.75, 3.05) is 5.32 Å². The van der Waals surface area contributed by atoms with E-state index in [9.17, 15) is 9.90 Å². The molecule has 1 amide bonds. The molecule has 28 heavy (non-hydrogen) atoms. The number of phenols is 1. The molecule has 0 aliphatic rings. The number of unbranched alkanes of at least 4 members (excludes halogenated alkanes) is 2. The molecule has 3 N–H and O–H groups in total. The number of carbonyl (C=O) groups excluding carboxylic acids is 1. The molecule has 0 aliphatic heterocycles. The number of thiocarbonyl (C=S) groups is 1. The second-order valence-electron chi connectivity index (χ2n) is 6.68. The molecule has 0 aliphatic carbocycles. The Hall–Kier alpha value is -2.93. The molecule has 0 bridgehead atoms. The first kappa shape index (κ1) is 19.8. The van der Waals surface area contributed by atoms with E-state index in [1.54, 1.807) is 12.1 Å². The Kier molecular flexibility index (Phi) is 6.26. The number of hydrogen-bond donors (Lipinski definition) is 3. The van der Waals surface area contributed by atoms with Crippen LogP contribution < -0.4 is 10.6 Å². The average Bonchev–Trinajstić information content (AvgIpc) is 3.04. The Labute approximate surface area is 169 Å². The van der Waals surface area contributed by atoms with E-state index in [2.05, 4.69) is 22.5 Å². The highest BCUT2D eigenvalue weighted by Gasteiger charge is 2.13. The lowest BCUT2D eigenvalue weighted by molar-refractivity contribution is -0.119. The fourth-order valence-electron chi connectivity index (χ4n) is 2.82. The minimum atomic E-state index is -0.117. The topological polar surface area (TPSA) is 87.4 Å². The average molecular weight is 398 g/mol. The Morgan fingerprint density at radius 3 is 2.79 bits per heavy atom. The minimum absolute atomic E-state index is 0.00495. The van der Waals surface area contributed by atoms with Gasteiger partial charge in [-0.3, -0.25) is 4.79 Å². The molecule has 1 heterocycles. The zero-order chi connectivity index (χ0) is 20.1. The van der Waals surface area contributed by atoms with E-state index in [-0.39, 0.29) is 16.8 Å². The highest BCUT2D eigenvalue weighted by Crippen LogP contribution is 2.33. The van der Waals surface area contributed by atoms with Crippen LogP contribution in [0.4, 0.5) is 5.69 Å². The number of fused-ring (bicyclic) bond motifs is 1. The summed E-state index contributed by atoms with van der Waals surface area (Å²) in [7, 11) is 0. The van der Waals surface area contributed by atoms with Gasteiger partial charge in [0.2, 0.25) is 11.8 Å². The normalized spacial score (nSPS) is 10.8. The number of aryl methyl sites for hydroxylation is 1. The van der Waals surface area contributed by atoms with Crippen LogP contribution >= 0.6 is 12.2 Å². The Balaban J connectivity index is 1.68. The molecule has 3 aromatic rings. The number of aromatic hydroxyl groups is 1. The molecule has 6 nitrogen and oxygen atoms in total. The van der Waals surface area contributed by atoms with E-state index >= 15 is 0 Å². The first-order chi connectivity index (χ1) is 13.5. The van der Waals surface area contributed by atoms with Crippen LogP contribution in [-0.4, -0.2) is 21.1 Å². The molecule has 0 radical (unpaired) electrons. The van der Waals surface area contributed by atoms with Gasteiger partial charge in [-0.25, -0.2) is 4.98 Å². The first-order valence-electron chi connectivity index (χ1n) is 9.27. The van der Waals surface area contributed by atoms with E-state index in [4.69, 9.17) is 16.6 Å². The fraction of sp³-hybridized carbons (Fsp3) is 0.286. The van der Waals surface area contributed by atoms with Crippen molar-refractivity contribution in [3.05, 3.63) is 42.0 Å². The molecular formula is C21H23N3O3S. The standard InChI is InChI=1S/C21H23N3O3S/c1-3-4-5-6-19(26)24-21(28)22-14-8-9-15(17(25)12-14)20-23-16-10-7-13(2)11-18(16)27-20/h7-12,25H,3-6H2,1-2H3,(H2,22,24,26,28). The van der Waals surface area contributed by atoms with Gasteiger partial charge in [-0.1, -0.05) is 25.8 Å². The summed E-state index contributed by atoms with van der Waals surface area (Å²) in [6.45, 7) is 4.06. The third-order valence-corrected chi connectivity index (χ3v) is 4.49. The van der Waals surface area contributed by atoms with Crippen LogP contribution in [0, 0.1) is 6.92 Å². The minimum Gasteiger partial charge on any atom is -0.507 e. The molecule has 146 valence electrons. The monoisotopic (exact) mass is 397 g/mol. The van der Waals surface area contributed by atoms with Gasteiger partial charge in [0.15, 0.2) is 10.7 Å². The fourth-order valence-corrected chi connectivity index (χ4v) is 3.06. The second-order valence-corrected chi connectivity index (χ2v) is 7.09. The van der Waals surface area contributed by atoms with E-state index in [0.717, 1.165) is 30.3 Å². The van der Waals surface area contributed by atoms with Crippen LogP contribution in [-0.2, 0) is 4.79 Å². The second kappa shape index (κ2) is 8.84. The predicted octanol–water partition coefficient (Wildman–Crippen LogP) is 4.90. The number of nitrogens with zero attached hydrogens (tertiary/aromatic N) is 1. The summed E-state index contributed by atoms with van der Waals surface area (Å²) < 4.78 is 5.76. The van der Waals surface area contributed by atoms with Gasteiger partial charge in [0.25, 0.3) is 0 Å². The number of carbonyl (C=O) groups is 1. The number of phenolic OH excluding ortho intramolecular Hbond substituents is 1. The number of benzene rings is 2. The van der Waals surface area contributed by atoms with Crippen LogP contribution in [0.5, 0.6) is 5.75 Å². The van der Waals surface area contributed by atoms with Gasteiger partial charge in [0, 0.05) is 18.2 Å². The lowest BCUT2D eigenvalue weighted by Crippen LogP contribution is -2.33. The SMILES string of the molecule is CCCCCC(=O)NC(=S)Nc1ccc(-c2nc3ccc(C)cc3o2)c(O)c1. The molecule has 0 spiro atoms. The highest BCUT2D eigenvalue weighted by atomic mass is 32.1. The number of anilines is 1. The first-order valence-corrected chi connectivity index (χ1v) is 9.68. The van der Waals surface area contributed by atoms with Gasteiger partial charge in [-0.05, 0) is 55.4 Å². The molecule has 0 unspecified atom stereocenters. The van der Waals surface area contributed by atoms with Gasteiger partial charge in [-0.15, -0.1) is 0 Å². The van der Waals surface area contributed by atoms with Crippen molar-refractivity contribution < 1.29 is 14.3 Å². The van der Waals surface area contributed by atoms with E-state index in [0.29, 0.717) is 29.1 Å².